The number of nitrogens with zero attached hydrogens (tertiary/aromatic N) is 3. The minimum Gasteiger partial charge on any atom is -0.347 e. The van der Waals surface area contributed by atoms with Crippen molar-refractivity contribution in [2.45, 2.75) is 57.0 Å². The van der Waals surface area contributed by atoms with Gasteiger partial charge in [-0.15, -0.1) is 0 Å². The molecule has 4 heteroatoms. The van der Waals surface area contributed by atoms with Gasteiger partial charge >= 0.3 is 0 Å². The first-order valence-corrected chi connectivity index (χ1v) is 7.53. The van der Waals surface area contributed by atoms with Gasteiger partial charge in [-0.1, -0.05) is 12.8 Å². The van der Waals surface area contributed by atoms with E-state index in [4.69, 9.17) is 4.98 Å². The lowest BCUT2D eigenvalue weighted by molar-refractivity contribution is 0.393. The van der Waals surface area contributed by atoms with E-state index in [-0.39, 0.29) is 0 Å². The second-order valence-electron chi connectivity index (χ2n) is 6.06. The van der Waals surface area contributed by atoms with Gasteiger partial charge in [-0.3, -0.25) is 0 Å². The van der Waals surface area contributed by atoms with Gasteiger partial charge in [-0.05, 0) is 32.1 Å². The summed E-state index contributed by atoms with van der Waals surface area (Å²) < 4.78 is 0. The molecule has 0 radical (unpaired) electrons. The summed E-state index contributed by atoms with van der Waals surface area (Å²) in [5.74, 6) is 0.834. The number of nitrogens with one attached hydrogen (secondary N) is 1. The summed E-state index contributed by atoms with van der Waals surface area (Å²) >= 11 is 0. The Kier molecular flexibility index (Phi) is 3.69. The molecule has 1 heterocycles. The average molecular weight is 260 g/mol. The first kappa shape index (κ1) is 12.9. The Labute approximate surface area is 115 Å². The first-order chi connectivity index (χ1) is 9.24. The van der Waals surface area contributed by atoms with Crippen LogP contribution in [0.25, 0.3) is 0 Å². The van der Waals surface area contributed by atoms with Crippen molar-refractivity contribution in [2.24, 2.45) is 0 Å². The molecule has 1 fully saturated rings. The van der Waals surface area contributed by atoms with E-state index in [1.807, 2.05) is 25.2 Å². The Morgan fingerprint density at radius 2 is 1.95 bits per heavy atom. The van der Waals surface area contributed by atoms with E-state index in [0.29, 0.717) is 12.1 Å². The highest BCUT2D eigenvalue weighted by Crippen LogP contribution is 2.31. The van der Waals surface area contributed by atoms with E-state index in [2.05, 4.69) is 10.3 Å². The second-order valence-corrected chi connectivity index (χ2v) is 6.06. The largest absolute Gasteiger partial charge is 0.347 e. The molecule has 4 nitrogen and oxygen atoms in total. The van der Waals surface area contributed by atoms with Gasteiger partial charge in [-0.25, -0.2) is 9.97 Å². The van der Waals surface area contributed by atoms with Crippen LogP contribution >= 0.6 is 0 Å². The molecule has 2 aliphatic rings. The quantitative estimate of drug-likeness (QED) is 0.906. The minimum absolute atomic E-state index is 0.475. The van der Waals surface area contributed by atoms with Crippen molar-refractivity contribution in [2.75, 3.05) is 19.0 Å². The molecule has 104 valence electrons. The molecule has 1 aromatic rings. The van der Waals surface area contributed by atoms with Crippen LogP contribution in [-0.4, -0.2) is 30.1 Å². The summed E-state index contributed by atoms with van der Waals surface area (Å²) in [5.41, 5.74) is 2.59. The van der Waals surface area contributed by atoms with Gasteiger partial charge in [0.05, 0.1) is 5.69 Å². The van der Waals surface area contributed by atoms with Gasteiger partial charge in [0.2, 0.25) is 5.95 Å². The third-order valence-corrected chi connectivity index (χ3v) is 4.36. The third kappa shape index (κ3) is 2.73. The molecule has 1 N–H and O–H groups in total. The number of rotatable bonds is 3. The van der Waals surface area contributed by atoms with E-state index >= 15 is 0 Å². The van der Waals surface area contributed by atoms with Gasteiger partial charge in [0.15, 0.2) is 0 Å². The number of aryl methyl sites for hydroxylation is 1. The fourth-order valence-corrected chi connectivity index (χ4v) is 3.30. The standard InChI is InChI=1S/C15H24N4/c1-19(2)15-16-10-12-13(8-5-9-14(12)18-15)17-11-6-3-4-7-11/h10-11,13,17H,3-9H2,1-2H3/t13-/m1/s1. The van der Waals surface area contributed by atoms with Gasteiger partial charge in [0, 0.05) is 37.9 Å². The van der Waals surface area contributed by atoms with Gasteiger partial charge < -0.3 is 10.2 Å². The van der Waals surface area contributed by atoms with Crippen LogP contribution in [0.2, 0.25) is 0 Å². The van der Waals surface area contributed by atoms with Crippen molar-refractivity contribution in [3.05, 3.63) is 17.5 Å². The smallest absolute Gasteiger partial charge is 0.225 e. The fraction of sp³-hybridized carbons (Fsp3) is 0.733. The number of anilines is 1. The molecule has 2 aliphatic carbocycles. The fourth-order valence-electron chi connectivity index (χ4n) is 3.30. The number of fused-ring (bicyclic) bond motifs is 1. The molecule has 0 aliphatic heterocycles. The van der Waals surface area contributed by atoms with Crippen molar-refractivity contribution >= 4 is 5.95 Å². The van der Waals surface area contributed by atoms with E-state index in [0.717, 1.165) is 12.4 Å². The number of hydrogen-bond acceptors (Lipinski definition) is 4. The summed E-state index contributed by atoms with van der Waals surface area (Å²) in [6.45, 7) is 0. The van der Waals surface area contributed by atoms with Gasteiger partial charge in [-0.2, -0.15) is 0 Å². The monoisotopic (exact) mass is 260 g/mol. The molecular formula is C15H24N4. The molecule has 0 aromatic carbocycles. The Balaban J connectivity index is 1.79. The third-order valence-electron chi connectivity index (χ3n) is 4.36. The number of aromatic nitrogens is 2. The molecule has 1 aromatic heterocycles. The van der Waals surface area contributed by atoms with Crippen LogP contribution in [0.3, 0.4) is 0 Å². The van der Waals surface area contributed by atoms with Crippen LogP contribution in [0, 0.1) is 0 Å². The van der Waals surface area contributed by atoms with Crippen LogP contribution in [0.1, 0.15) is 55.8 Å². The van der Waals surface area contributed by atoms with E-state index in [1.54, 1.807) is 0 Å². The van der Waals surface area contributed by atoms with Crippen LogP contribution in [0.4, 0.5) is 5.95 Å². The maximum Gasteiger partial charge on any atom is 0.225 e. The zero-order valence-electron chi connectivity index (χ0n) is 12.0. The van der Waals surface area contributed by atoms with Crippen LogP contribution in [-0.2, 0) is 6.42 Å². The van der Waals surface area contributed by atoms with Crippen molar-refractivity contribution in [3.8, 4) is 0 Å². The molecule has 1 atom stereocenters. The van der Waals surface area contributed by atoms with E-state index in [9.17, 15) is 0 Å². The van der Waals surface area contributed by atoms with Crippen LogP contribution in [0.15, 0.2) is 6.20 Å². The molecular weight excluding hydrogens is 236 g/mol. The molecule has 0 spiro atoms. The normalized spacial score (nSPS) is 23.4. The molecule has 1 saturated carbocycles. The molecule has 0 bridgehead atoms. The summed E-state index contributed by atoms with van der Waals surface area (Å²) in [6.07, 6.45) is 11.0. The molecule has 19 heavy (non-hydrogen) atoms. The molecule has 0 unspecified atom stereocenters. The Morgan fingerprint density at radius 1 is 1.16 bits per heavy atom. The van der Waals surface area contributed by atoms with Gasteiger partial charge in [0.1, 0.15) is 0 Å². The maximum absolute atomic E-state index is 4.71. The Hall–Kier alpha value is -1.16. The lowest BCUT2D eigenvalue weighted by Gasteiger charge is -2.28. The van der Waals surface area contributed by atoms with E-state index < -0.39 is 0 Å². The van der Waals surface area contributed by atoms with Crippen molar-refractivity contribution in [1.29, 1.82) is 0 Å². The first-order valence-electron chi connectivity index (χ1n) is 7.53. The summed E-state index contributed by atoms with van der Waals surface area (Å²) in [6, 6.07) is 1.19. The molecule has 3 rings (SSSR count). The Morgan fingerprint density at radius 3 is 2.68 bits per heavy atom. The highest BCUT2D eigenvalue weighted by atomic mass is 15.2. The van der Waals surface area contributed by atoms with Crippen molar-refractivity contribution in [1.82, 2.24) is 15.3 Å². The molecule has 0 amide bonds. The highest BCUT2D eigenvalue weighted by Gasteiger charge is 2.26. The highest BCUT2D eigenvalue weighted by molar-refractivity contribution is 5.34. The van der Waals surface area contributed by atoms with Crippen LogP contribution in [0.5, 0.6) is 0 Å². The minimum atomic E-state index is 0.475. The average Bonchev–Trinajstić information content (AvgIpc) is 2.91. The van der Waals surface area contributed by atoms with Crippen molar-refractivity contribution in [3.63, 3.8) is 0 Å². The maximum atomic E-state index is 4.71. The lowest BCUT2D eigenvalue weighted by atomic mass is 9.91. The lowest BCUT2D eigenvalue weighted by Crippen LogP contribution is -2.33. The van der Waals surface area contributed by atoms with Gasteiger partial charge in [0.25, 0.3) is 0 Å². The predicted octanol–water partition coefficient (Wildman–Crippen LogP) is 2.45. The van der Waals surface area contributed by atoms with Crippen LogP contribution < -0.4 is 10.2 Å². The zero-order chi connectivity index (χ0) is 13.2. The van der Waals surface area contributed by atoms with Crippen molar-refractivity contribution < 1.29 is 0 Å². The van der Waals surface area contributed by atoms with E-state index in [1.165, 1.54) is 49.8 Å². The molecule has 0 saturated heterocycles. The topological polar surface area (TPSA) is 41.1 Å². The number of hydrogen-bond donors (Lipinski definition) is 1. The SMILES string of the molecule is CN(C)c1ncc2c(n1)CCC[C@H]2NC1CCCC1. The predicted molar refractivity (Wildman–Crippen MR) is 77.4 cm³/mol. The Bertz CT molecular complexity index is 438. The zero-order valence-corrected chi connectivity index (χ0v) is 12.0. The second kappa shape index (κ2) is 5.45. The summed E-state index contributed by atoms with van der Waals surface area (Å²) in [5, 5.41) is 3.83. The summed E-state index contributed by atoms with van der Waals surface area (Å²) in [4.78, 5) is 11.2. The summed E-state index contributed by atoms with van der Waals surface area (Å²) in [7, 11) is 4.00.